The second-order valence-electron chi connectivity index (χ2n) is 2.07. The quantitative estimate of drug-likeness (QED) is 0.408. The third-order valence-electron chi connectivity index (χ3n) is 1.13. The third kappa shape index (κ3) is 8.09. The van der Waals surface area contributed by atoms with Gasteiger partial charge in [-0.2, -0.15) is 11.8 Å². The molecule has 0 aromatic rings. The molecule has 0 bridgehead atoms. The molecule has 0 aromatic heterocycles. The molecule has 0 atom stereocenters. The predicted octanol–water partition coefficient (Wildman–Crippen LogP) is 3.10. The van der Waals surface area contributed by atoms with Gasteiger partial charge in [0.15, 0.2) is 0 Å². The molecule has 0 saturated carbocycles. The maximum atomic E-state index is 3.66. The molecule has 0 unspecified atom stereocenters. The van der Waals surface area contributed by atoms with Crippen molar-refractivity contribution in [1.29, 1.82) is 0 Å². The first kappa shape index (κ1) is 9.09. The van der Waals surface area contributed by atoms with Crippen molar-refractivity contribution in [3.8, 4) is 0 Å². The number of rotatable bonds is 6. The van der Waals surface area contributed by atoms with Crippen molar-refractivity contribution in [3.63, 3.8) is 0 Å². The van der Waals surface area contributed by atoms with Gasteiger partial charge < -0.3 is 0 Å². The van der Waals surface area contributed by atoms with E-state index < -0.39 is 0 Å². The fraction of sp³-hybridized carbons (Fsp3) is 0.750. The molecule has 0 saturated heterocycles. The second kappa shape index (κ2) is 8.09. The lowest BCUT2D eigenvalue weighted by Crippen LogP contribution is -1.79. The van der Waals surface area contributed by atoms with E-state index >= 15 is 0 Å². The van der Waals surface area contributed by atoms with Crippen molar-refractivity contribution in [1.82, 2.24) is 0 Å². The van der Waals surface area contributed by atoms with Gasteiger partial charge in [-0.25, -0.2) is 0 Å². The van der Waals surface area contributed by atoms with E-state index in [0.717, 1.165) is 5.75 Å². The molecule has 0 fully saturated rings. The van der Waals surface area contributed by atoms with E-state index in [0.29, 0.717) is 0 Å². The minimum Gasteiger partial charge on any atom is -0.158 e. The molecule has 54 valence electrons. The maximum absolute atomic E-state index is 3.66. The average Bonchev–Trinajstić information content (AvgIpc) is 1.89. The van der Waals surface area contributed by atoms with E-state index in [1.54, 1.807) is 0 Å². The molecule has 9 heavy (non-hydrogen) atoms. The smallest absolute Gasteiger partial charge is 0.0110 e. The van der Waals surface area contributed by atoms with E-state index in [4.69, 9.17) is 0 Å². The van der Waals surface area contributed by atoms with Gasteiger partial charge in [-0.05, 0) is 12.2 Å². The summed E-state index contributed by atoms with van der Waals surface area (Å²) in [5.74, 6) is 2.42. The van der Waals surface area contributed by atoms with Crippen LogP contribution in [-0.4, -0.2) is 11.5 Å². The highest BCUT2D eigenvalue weighted by Gasteiger charge is 1.84. The Labute approximate surface area is 62.7 Å². The minimum atomic E-state index is 1.11. The summed E-state index contributed by atoms with van der Waals surface area (Å²) >= 11 is 1.98. The van der Waals surface area contributed by atoms with Gasteiger partial charge in [0.25, 0.3) is 0 Å². The standard InChI is InChI=1S/C8H16S/c1-3-5-6-8-9-7-4-2/h4H,2-3,5-8H2,1H3. The highest BCUT2D eigenvalue weighted by Crippen LogP contribution is 2.05. The molecule has 0 aliphatic heterocycles. The van der Waals surface area contributed by atoms with Gasteiger partial charge in [-0.3, -0.25) is 0 Å². The first-order valence-electron chi connectivity index (χ1n) is 3.60. The molecule has 0 amide bonds. The van der Waals surface area contributed by atoms with Crippen LogP contribution in [0.5, 0.6) is 0 Å². The highest BCUT2D eigenvalue weighted by atomic mass is 32.2. The summed E-state index contributed by atoms with van der Waals surface area (Å²) in [7, 11) is 0. The Balaban J connectivity index is 2.66. The average molecular weight is 144 g/mol. The van der Waals surface area contributed by atoms with Crippen molar-refractivity contribution in [2.45, 2.75) is 26.2 Å². The van der Waals surface area contributed by atoms with E-state index in [1.165, 1.54) is 25.0 Å². The summed E-state index contributed by atoms with van der Waals surface area (Å²) in [6.07, 6.45) is 6.05. The number of thioether (sulfide) groups is 1. The van der Waals surface area contributed by atoms with Crippen LogP contribution in [0.3, 0.4) is 0 Å². The molecule has 0 spiro atoms. The lowest BCUT2D eigenvalue weighted by molar-refractivity contribution is 0.779. The van der Waals surface area contributed by atoms with Gasteiger partial charge in [-0.1, -0.05) is 25.8 Å². The van der Waals surface area contributed by atoms with Crippen molar-refractivity contribution < 1.29 is 0 Å². The molecule has 0 N–H and O–H groups in total. The zero-order chi connectivity index (χ0) is 6.95. The molecular weight excluding hydrogens is 128 g/mol. The summed E-state index contributed by atoms with van der Waals surface area (Å²) in [6, 6.07) is 0. The first-order chi connectivity index (χ1) is 4.41. The van der Waals surface area contributed by atoms with E-state index in [1.807, 2.05) is 17.8 Å². The van der Waals surface area contributed by atoms with Crippen LogP contribution in [0.4, 0.5) is 0 Å². The van der Waals surface area contributed by atoms with Gasteiger partial charge in [0.05, 0.1) is 0 Å². The van der Waals surface area contributed by atoms with Crippen molar-refractivity contribution >= 4 is 11.8 Å². The van der Waals surface area contributed by atoms with Crippen LogP contribution in [0.25, 0.3) is 0 Å². The normalized spacial score (nSPS) is 9.44. The summed E-state index contributed by atoms with van der Waals surface area (Å²) in [5.41, 5.74) is 0. The van der Waals surface area contributed by atoms with Crippen LogP contribution in [-0.2, 0) is 0 Å². The highest BCUT2D eigenvalue weighted by molar-refractivity contribution is 7.99. The number of unbranched alkanes of at least 4 members (excludes halogenated alkanes) is 2. The second-order valence-corrected chi connectivity index (χ2v) is 3.22. The molecule has 1 heteroatoms. The van der Waals surface area contributed by atoms with Crippen LogP contribution >= 0.6 is 11.8 Å². The predicted molar refractivity (Wildman–Crippen MR) is 47.0 cm³/mol. The van der Waals surface area contributed by atoms with Crippen LogP contribution in [0.15, 0.2) is 12.7 Å². The SMILES string of the molecule is C=CCSCCCCC. The molecule has 0 radical (unpaired) electrons. The van der Waals surface area contributed by atoms with E-state index in [-0.39, 0.29) is 0 Å². The van der Waals surface area contributed by atoms with Crippen LogP contribution < -0.4 is 0 Å². The summed E-state index contributed by atoms with van der Waals surface area (Å²) in [4.78, 5) is 0. The van der Waals surface area contributed by atoms with Crippen LogP contribution in [0, 0.1) is 0 Å². The Morgan fingerprint density at radius 2 is 2.22 bits per heavy atom. The van der Waals surface area contributed by atoms with Gasteiger partial charge in [0.2, 0.25) is 0 Å². The van der Waals surface area contributed by atoms with Crippen LogP contribution in [0.1, 0.15) is 26.2 Å². The fourth-order valence-electron chi connectivity index (χ4n) is 0.621. The molecule has 0 aliphatic carbocycles. The molecule has 0 aliphatic rings. The summed E-state index contributed by atoms with van der Waals surface area (Å²) in [5, 5.41) is 0. The Bertz CT molecular complexity index is 59.6. The molecule has 0 aromatic carbocycles. The minimum absolute atomic E-state index is 1.11. The molecule has 0 rings (SSSR count). The van der Waals surface area contributed by atoms with Crippen molar-refractivity contribution in [2.75, 3.05) is 11.5 Å². The maximum Gasteiger partial charge on any atom is 0.0110 e. The third-order valence-corrected chi connectivity index (χ3v) is 2.18. The fourth-order valence-corrected chi connectivity index (χ4v) is 1.36. The van der Waals surface area contributed by atoms with Crippen LogP contribution in [0.2, 0.25) is 0 Å². The van der Waals surface area contributed by atoms with Gasteiger partial charge >= 0.3 is 0 Å². The Morgan fingerprint density at radius 3 is 2.78 bits per heavy atom. The first-order valence-corrected chi connectivity index (χ1v) is 4.76. The zero-order valence-corrected chi connectivity index (χ0v) is 7.04. The van der Waals surface area contributed by atoms with Crippen molar-refractivity contribution in [2.24, 2.45) is 0 Å². The summed E-state index contributed by atoms with van der Waals surface area (Å²) in [6.45, 7) is 5.89. The molecule has 0 nitrogen and oxygen atoms in total. The van der Waals surface area contributed by atoms with Gasteiger partial charge in [0, 0.05) is 5.75 Å². The van der Waals surface area contributed by atoms with E-state index in [9.17, 15) is 0 Å². The van der Waals surface area contributed by atoms with Gasteiger partial charge in [-0.15, -0.1) is 6.58 Å². The Kier molecular flexibility index (Phi) is 8.17. The Morgan fingerprint density at radius 1 is 1.44 bits per heavy atom. The Hall–Kier alpha value is 0.0900. The van der Waals surface area contributed by atoms with E-state index in [2.05, 4.69) is 13.5 Å². The topological polar surface area (TPSA) is 0 Å². The molecular formula is C8H16S. The number of hydrogen-bond donors (Lipinski definition) is 0. The lowest BCUT2D eigenvalue weighted by atomic mass is 10.3. The largest absolute Gasteiger partial charge is 0.158 e. The summed E-state index contributed by atoms with van der Waals surface area (Å²) < 4.78 is 0. The zero-order valence-electron chi connectivity index (χ0n) is 6.23. The number of hydrogen-bond acceptors (Lipinski definition) is 1. The lowest BCUT2D eigenvalue weighted by Gasteiger charge is -1.94. The van der Waals surface area contributed by atoms with Crippen molar-refractivity contribution in [3.05, 3.63) is 12.7 Å². The monoisotopic (exact) mass is 144 g/mol. The molecule has 0 heterocycles. The van der Waals surface area contributed by atoms with Gasteiger partial charge in [0.1, 0.15) is 0 Å².